The first kappa shape index (κ1) is 13.9. The number of rotatable bonds is 0. The summed E-state index contributed by atoms with van der Waals surface area (Å²) in [7, 11) is 1.90. The molecule has 0 aliphatic heterocycles. The molecule has 0 fully saturated rings. The van der Waals surface area contributed by atoms with Crippen LogP contribution in [-0.4, -0.2) is 19.5 Å². The minimum Gasteiger partial charge on any atom is -0.329 e. The average molecular weight is 319 g/mol. The molecule has 21 heavy (non-hydrogen) atoms. The first-order valence-electron chi connectivity index (χ1n) is 6.32. The van der Waals surface area contributed by atoms with E-state index < -0.39 is 0 Å². The van der Waals surface area contributed by atoms with Gasteiger partial charge in [0.05, 0.1) is 22.1 Å². The lowest BCUT2D eigenvalue weighted by atomic mass is 10.3. The second-order valence-corrected chi connectivity index (χ2v) is 5.17. The lowest BCUT2D eigenvalue weighted by molar-refractivity contribution is 0.949. The lowest BCUT2D eigenvalue weighted by Crippen LogP contribution is -1.85. The van der Waals surface area contributed by atoms with E-state index in [0.717, 1.165) is 22.1 Å². The molecule has 4 rings (SSSR count). The molecular formula is C15H12Cl2N4. The van der Waals surface area contributed by atoms with Gasteiger partial charge < -0.3 is 9.55 Å². The highest BCUT2D eigenvalue weighted by molar-refractivity contribution is 6.29. The van der Waals surface area contributed by atoms with Gasteiger partial charge in [-0.2, -0.15) is 0 Å². The van der Waals surface area contributed by atoms with Crippen LogP contribution in [0.1, 0.15) is 0 Å². The Morgan fingerprint density at radius 1 is 0.905 bits per heavy atom. The van der Waals surface area contributed by atoms with Crippen LogP contribution in [-0.2, 0) is 7.05 Å². The molecule has 2 heterocycles. The first-order chi connectivity index (χ1) is 10.1. The average Bonchev–Trinajstić information content (AvgIpc) is 3.00. The molecule has 0 bridgehead atoms. The number of hydrogen-bond acceptors (Lipinski definition) is 2. The molecule has 2 aromatic heterocycles. The van der Waals surface area contributed by atoms with Gasteiger partial charge in [-0.3, -0.25) is 0 Å². The number of nitrogens with one attached hydrogen (secondary N) is 1. The van der Waals surface area contributed by atoms with E-state index >= 15 is 0 Å². The minimum atomic E-state index is 0.446. The normalized spacial score (nSPS) is 10.6. The molecule has 0 spiro atoms. The van der Waals surface area contributed by atoms with Crippen LogP contribution in [0, 0.1) is 0 Å². The number of benzene rings is 2. The van der Waals surface area contributed by atoms with Crippen LogP contribution in [0.2, 0.25) is 10.6 Å². The van der Waals surface area contributed by atoms with Gasteiger partial charge >= 0.3 is 0 Å². The van der Waals surface area contributed by atoms with Crippen molar-refractivity contribution in [3.05, 3.63) is 59.1 Å². The monoisotopic (exact) mass is 318 g/mol. The lowest BCUT2D eigenvalue weighted by Gasteiger charge is -1.92. The smallest absolute Gasteiger partial charge is 0.203 e. The summed E-state index contributed by atoms with van der Waals surface area (Å²) >= 11 is 11.4. The Hall–Kier alpha value is -2.04. The van der Waals surface area contributed by atoms with Crippen LogP contribution >= 0.6 is 23.2 Å². The van der Waals surface area contributed by atoms with Gasteiger partial charge in [0.15, 0.2) is 0 Å². The number of halogens is 2. The van der Waals surface area contributed by atoms with Crippen LogP contribution in [0.5, 0.6) is 0 Å². The Kier molecular flexibility index (Phi) is 3.82. The van der Waals surface area contributed by atoms with Gasteiger partial charge in [-0.15, -0.1) is 0 Å². The summed E-state index contributed by atoms with van der Waals surface area (Å²) in [5, 5.41) is 0.979. The summed E-state index contributed by atoms with van der Waals surface area (Å²) in [6, 6.07) is 15.6. The highest BCUT2D eigenvalue weighted by atomic mass is 35.5. The molecule has 6 heteroatoms. The van der Waals surface area contributed by atoms with Crippen molar-refractivity contribution in [2.24, 2.45) is 7.05 Å². The molecule has 0 saturated carbocycles. The Morgan fingerprint density at radius 3 is 2.29 bits per heavy atom. The Balaban J connectivity index is 0.000000126. The van der Waals surface area contributed by atoms with Crippen molar-refractivity contribution in [2.75, 3.05) is 0 Å². The second kappa shape index (κ2) is 5.76. The van der Waals surface area contributed by atoms with Crippen molar-refractivity contribution in [3.8, 4) is 0 Å². The third kappa shape index (κ3) is 2.86. The number of aromatic amines is 1. The maximum Gasteiger partial charge on any atom is 0.203 e. The van der Waals surface area contributed by atoms with Gasteiger partial charge in [-0.05, 0) is 47.5 Å². The van der Waals surface area contributed by atoms with Gasteiger partial charge in [-0.1, -0.05) is 24.3 Å². The van der Waals surface area contributed by atoms with Gasteiger partial charge in [0.2, 0.25) is 10.6 Å². The molecule has 0 amide bonds. The van der Waals surface area contributed by atoms with Crippen molar-refractivity contribution < 1.29 is 0 Å². The molecule has 106 valence electrons. The van der Waals surface area contributed by atoms with E-state index in [0.29, 0.717) is 10.6 Å². The third-order valence-electron chi connectivity index (χ3n) is 3.09. The summed E-state index contributed by atoms with van der Waals surface area (Å²) in [5.41, 5.74) is 3.90. The molecule has 2 aromatic carbocycles. The summed E-state index contributed by atoms with van der Waals surface area (Å²) in [5.74, 6) is 0. The van der Waals surface area contributed by atoms with Crippen molar-refractivity contribution in [2.45, 2.75) is 0 Å². The number of fused-ring (bicyclic) bond motifs is 2. The van der Waals surface area contributed by atoms with Gasteiger partial charge in [0.25, 0.3) is 0 Å². The van der Waals surface area contributed by atoms with Crippen molar-refractivity contribution in [1.82, 2.24) is 19.5 Å². The Bertz CT molecular complexity index is 862. The van der Waals surface area contributed by atoms with E-state index in [1.54, 1.807) is 0 Å². The van der Waals surface area contributed by atoms with E-state index in [9.17, 15) is 0 Å². The minimum absolute atomic E-state index is 0.446. The number of para-hydroxylation sites is 4. The fourth-order valence-electron chi connectivity index (χ4n) is 2.04. The molecule has 4 nitrogen and oxygen atoms in total. The predicted octanol–water partition coefficient (Wildman–Crippen LogP) is 4.44. The van der Waals surface area contributed by atoms with Gasteiger partial charge in [0, 0.05) is 7.05 Å². The molecule has 4 aromatic rings. The van der Waals surface area contributed by atoms with Gasteiger partial charge in [-0.25, -0.2) is 9.97 Å². The zero-order valence-corrected chi connectivity index (χ0v) is 12.7. The number of aryl methyl sites for hydroxylation is 1. The number of aromatic nitrogens is 4. The van der Waals surface area contributed by atoms with E-state index in [4.69, 9.17) is 23.2 Å². The largest absolute Gasteiger partial charge is 0.329 e. The second-order valence-electron chi connectivity index (χ2n) is 4.47. The summed E-state index contributed by atoms with van der Waals surface area (Å²) in [6.07, 6.45) is 0. The van der Waals surface area contributed by atoms with Crippen LogP contribution in [0.15, 0.2) is 48.5 Å². The number of hydrogen-bond donors (Lipinski definition) is 1. The Labute approximate surface area is 131 Å². The fourth-order valence-corrected chi connectivity index (χ4v) is 2.41. The van der Waals surface area contributed by atoms with Crippen molar-refractivity contribution in [1.29, 1.82) is 0 Å². The molecule has 1 N–H and O–H groups in total. The number of H-pyrrole nitrogens is 1. The number of nitrogens with zero attached hydrogens (tertiary/aromatic N) is 3. The van der Waals surface area contributed by atoms with Crippen molar-refractivity contribution >= 4 is 45.3 Å². The summed E-state index contributed by atoms with van der Waals surface area (Å²) in [4.78, 5) is 11.1. The highest BCUT2D eigenvalue weighted by Gasteiger charge is 2.02. The summed E-state index contributed by atoms with van der Waals surface area (Å²) < 4.78 is 1.86. The molecule has 0 unspecified atom stereocenters. The van der Waals surface area contributed by atoms with Crippen LogP contribution in [0.3, 0.4) is 0 Å². The highest BCUT2D eigenvalue weighted by Crippen LogP contribution is 2.16. The molecule has 0 radical (unpaired) electrons. The van der Waals surface area contributed by atoms with Gasteiger partial charge in [0.1, 0.15) is 0 Å². The topological polar surface area (TPSA) is 46.5 Å². The van der Waals surface area contributed by atoms with Crippen LogP contribution < -0.4 is 0 Å². The van der Waals surface area contributed by atoms with Crippen molar-refractivity contribution in [3.63, 3.8) is 0 Å². The third-order valence-corrected chi connectivity index (χ3v) is 3.61. The molecule has 0 aliphatic rings. The summed E-state index contributed by atoms with van der Waals surface area (Å²) in [6.45, 7) is 0. The van der Waals surface area contributed by atoms with E-state index in [2.05, 4.69) is 15.0 Å². The molecule has 0 atom stereocenters. The maximum atomic E-state index is 5.80. The van der Waals surface area contributed by atoms with E-state index in [1.165, 1.54) is 0 Å². The standard InChI is InChI=1S/C8H7ClN2.C7H5ClN2/c1-11-7-5-3-2-4-6(7)10-8(11)9;8-7-9-5-3-1-2-4-6(5)10-7/h2-5H,1H3;1-4H,(H,9,10). The first-order valence-corrected chi connectivity index (χ1v) is 7.08. The van der Waals surface area contributed by atoms with E-state index in [1.807, 2.05) is 60.1 Å². The quantitative estimate of drug-likeness (QED) is 0.521. The van der Waals surface area contributed by atoms with Crippen LogP contribution in [0.4, 0.5) is 0 Å². The van der Waals surface area contributed by atoms with Crippen LogP contribution in [0.25, 0.3) is 22.1 Å². The fraction of sp³-hybridized carbons (Fsp3) is 0.0667. The predicted molar refractivity (Wildman–Crippen MR) is 86.8 cm³/mol. The number of imidazole rings is 2. The molecule has 0 saturated heterocycles. The SMILES string of the molecule is Clc1nc2ccccc2[nH]1.Cn1c(Cl)nc2ccccc21. The zero-order valence-electron chi connectivity index (χ0n) is 11.2. The molecular weight excluding hydrogens is 307 g/mol. The Morgan fingerprint density at radius 2 is 1.57 bits per heavy atom. The zero-order chi connectivity index (χ0) is 14.8. The maximum absolute atomic E-state index is 5.80. The van der Waals surface area contributed by atoms with E-state index in [-0.39, 0.29) is 0 Å². The molecule has 0 aliphatic carbocycles.